The van der Waals surface area contributed by atoms with Crippen molar-refractivity contribution in [1.29, 1.82) is 0 Å². The van der Waals surface area contributed by atoms with E-state index in [1.807, 2.05) is 0 Å². The molecule has 0 bridgehead atoms. The average molecular weight is 260 g/mol. The van der Waals surface area contributed by atoms with Crippen LogP contribution in [0.1, 0.15) is 23.7 Å². The van der Waals surface area contributed by atoms with Crippen molar-refractivity contribution in [1.82, 2.24) is 0 Å². The van der Waals surface area contributed by atoms with Gasteiger partial charge in [-0.3, -0.25) is 4.79 Å². The van der Waals surface area contributed by atoms with Crippen LogP contribution < -0.4 is 0 Å². The van der Waals surface area contributed by atoms with E-state index < -0.39 is 35.1 Å². The second-order valence-electron chi connectivity index (χ2n) is 3.50. The van der Waals surface area contributed by atoms with Crippen LogP contribution in [0.25, 0.3) is 0 Å². The summed E-state index contributed by atoms with van der Waals surface area (Å²) in [4.78, 5) is 22.5. The van der Waals surface area contributed by atoms with Gasteiger partial charge in [-0.25, -0.2) is 18.0 Å². The smallest absolute Gasteiger partial charge is 0.349 e. The number of benzene rings is 1. The first-order chi connectivity index (χ1) is 8.49. The fourth-order valence-electron chi connectivity index (χ4n) is 1.21. The van der Waals surface area contributed by atoms with E-state index in [1.165, 1.54) is 0 Å². The molecular formula is C12H11F3O3. The van der Waals surface area contributed by atoms with E-state index in [2.05, 4.69) is 4.74 Å². The number of alkyl halides is 1. The monoisotopic (exact) mass is 260 g/mol. The van der Waals surface area contributed by atoms with Gasteiger partial charge in [0.2, 0.25) is 5.78 Å². The van der Waals surface area contributed by atoms with Gasteiger partial charge >= 0.3 is 5.97 Å². The van der Waals surface area contributed by atoms with Crippen LogP contribution >= 0.6 is 0 Å². The van der Waals surface area contributed by atoms with Gasteiger partial charge in [-0.2, -0.15) is 0 Å². The van der Waals surface area contributed by atoms with Crippen molar-refractivity contribution in [2.24, 2.45) is 0 Å². The minimum atomic E-state index is -2.65. The van der Waals surface area contributed by atoms with Crippen molar-refractivity contribution in [2.45, 2.75) is 19.5 Å². The molecular weight excluding hydrogens is 249 g/mol. The fourth-order valence-corrected chi connectivity index (χ4v) is 1.21. The van der Waals surface area contributed by atoms with Gasteiger partial charge in [0.1, 0.15) is 0 Å². The van der Waals surface area contributed by atoms with Gasteiger partial charge in [-0.1, -0.05) is 13.0 Å². The molecule has 0 fully saturated rings. The van der Waals surface area contributed by atoms with Crippen molar-refractivity contribution in [3.8, 4) is 0 Å². The van der Waals surface area contributed by atoms with Crippen molar-refractivity contribution in [2.75, 3.05) is 6.61 Å². The zero-order chi connectivity index (χ0) is 13.7. The number of rotatable bonds is 5. The molecule has 0 aliphatic carbocycles. The van der Waals surface area contributed by atoms with Gasteiger partial charge in [0.05, 0.1) is 12.2 Å². The lowest BCUT2D eigenvalue weighted by molar-refractivity contribution is -0.147. The Bertz CT molecular complexity index is 460. The van der Waals surface area contributed by atoms with Crippen molar-refractivity contribution >= 4 is 11.8 Å². The number of ketones is 1. The molecule has 1 unspecified atom stereocenters. The first-order valence-corrected chi connectivity index (χ1v) is 5.28. The Balaban J connectivity index is 2.87. The molecule has 1 rings (SSSR count). The highest BCUT2D eigenvalue weighted by Crippen LogP contribution is 2.15. The van der Waals surface area contributed by atoms with Crippen LogP contribution in [0, 0.1) is 11.6 Å². The lowest BCUT2D eigenvalue weighted by Crippen LogP contribution is -2.29. The molecule has 0 aromatic heterocycles. The molecule has 0 aliphatic heterocycles. The van der Waals surface area contributed by atoms with Crippen LogP contribution in [0.3, 0.4) is 0 Å². The standard InChI is InChI=1S/C12H11F3O3/c1-2-6-18-12(17)10(15)11(16)7-4-3-5-8(13)9(7)14/h3-5,10H,2,6H2,1H3. The highest BCUT2D eigenvalue weighted by molar-refractivity contribution is 6.11. The van der Waals surface area contributed by atoms with E-state index in [4.69, 9.17) is 0 Å². The lowest BCUT2D eigenvalue weighted by Gasteiger charge is -2.08. The van der Waals surface area contributed by atoms with Crippen LogP contribution in [0.5, 0.6) is 0 Å². The van der Waals surface area contributed by atoms with E-state index in [1.54, 1.807) is 6.92 Å². The van der Waals surface area contributed by atoms with Gasteiger partial charge in [0.25, 0.3) is 6.17 Å². The summed E-state index contributed by atoms with van der Waals surface area (Å²) in [7, 11) is 0. The zero-order valence-corrected chi connectivity index (χ0v) is 9.58. The molecule has 98 valence electrons. The number of halogens is 3. The number of Topliss-reactive ketones (excluding diaryl/α,β-unsaturated/α-hetero) is 1. The summed E-state index contributed by atoms with van der Waals surface area (Å²) in [5.74, 6) is -5.61. The SMILES string of the molecule is CCCOC(=O)C(F)C(=O)c1cccc(F)c1F. The van der Waals surface area contributed by atoms with E-state index in [9.17, 15) is 22.8 Å². The molecule has 0 amide bonds. The number of esters is 1. The largest absolute Gasteiger partial charge is 0.463 e. The molecule has 1 aromatic carbocycles. The van der Waals surface area contributed by atoms with Gasteiger partial charge in [0.15, 0.2) is 11.6 Å². The maximum absolute atomic E-state index is 13.4. The molecule has 1 atom stereocenters. The van der Waals surface area contributed by atoms with Crippen LogP contribution in [-0.2, 0) is 9.53 Å². The normalized spacial score (nSPS) is 12.0. The maximum Gasteiger partial charge on any atom is 0.349 e. The topological polar surface area (TPSA) is 43.4 Å². The molecule has 0 saturated heterocycles. The Kier molecular flexibility index (Phi) is 4.88. The summed E-state index contributed by atoms with van der Waals surface area (Å²) in [6.45, 7) is 1.65. The summed E-state index contributed by atoms with van der Waals surface area (Å²) in [5, 5.41) is 0. The van der Waals surface area contributed by atoms with Crippen LogP contribution in [-0.4, -0.2) is 24.5 Å². The number of carbonyl (C=O) groups excluding carboxylic acids is 2. The number of hydrogen-bond donors (Lipinski definition) is 0. The predicted molar refractivity (Wildman–Crippen MR) is 56.8 cm³/mol. The summed E-state index contributed by atoms with van der Waals surface area (Å²) in [6.07, 6.45) is -2.19. The molecule has 0 aliphatic rings. The summed E-state index contributed by atoms with van der Waals surface area (Å²) < 4.78 is 43.9. The number of ether oxygens (including phenoxy) is 1. The highest BCUT2D eigenvalue weighted by atomic mass is 19.2. The van der Waals surface area contributed by atoms with Gasteiger partial charge in [-0.15, -0.1) is 0 Å². The molecule has 0 saturated carbocycles. The average Bonchev–Trinajstić information content (AvgIpc) is 2.37. The maximum atomic E-state index is 13.4. The van der Waals surface area contributed by atoms with Crippen molar-refractivity contribution in [3.63, 3.8) is 0 Å². The fraction of sp³-hybridized carbons (Fsp3) is 0.333. The first-order valence-electron chi connectivity index (χ1n) is 5.28. The first kappa shape index (κ1) is 14.2. The van der Waals surface area contributed by atoms with Crippen molar-refractivity contribution < 1.29 is 27.5 Å². The summed E-state index contributed by atoms with van der Waals surface area (Å²) in [5.41, 5.74) is -0.809. The van der Waals surface area contributed by atoms with Crippen LogP contribution in [0.2, 0.25) is 0 Å². The Hall–Kier alpha value is -1.85. The van der Waals surface area contributed by atoms with E-state index in [0.717, 1.165) is 18.2 Å². The number of carbonyl (C=O) groups is 2. The quantitative estimate of drug-likeness (QED) is 0.464. The molecule has 3 nitrogen and oxygen atoms in total. The van der Waals surface area contributed by atoms with Crippen LogP contribution in [0.4, 0.5) is 13.2 Å². The minimum absolute atomic E-state index is 0.0435. The van der Waals surface area contributed by atoms with Crippen molar-refractivity contribution in [3.05, 3.63) is 35.4 Å². The Morgan fingerprint density at radius 1 is 1.33 bits per heavy atom. The number of hydrogen-bond acceptors (Lipinski definition) is 3. The minimum Gasteiger partial charge on any atom is -0.463 e. The molecule has 0 heterocycles. The lowest BCUT2D eigenvalue weighted by atomic mass is 10.1. The van der Waals surface area contributed by atoms with E-state index in [0.29, 0.717) is 6.42 Å². The predicted octanol–water partition coefficient (Wildman–Crippen LogP) is 2.44. The third kappa shape index (κ3) is 3.09. The zero-order valence-electron chi connectivity index (χ0n) is 9.58. The van der Waals surface area contributed by atoms with Gasteiger partial charge in [-0.05, 0) is 18.6 Å². The summed E-state index contributed by atoms with van der Waals surface area (Å²) in [6, 6.07) is 2.74. The Morgan fingerprint density at radius 3 is 2.61 bits per heavy atom. The molecule has 0 radical (unpaired) electrons. The molecule has 6 heteroatoms. The van der Waals surface area contributed by atoms with E-state index >= 15 is 0 Å². The third-order valence-corrected chi connectivity index (χ3v) is 2.10. The Labute approximate surface area is 102 Å². The highest BCUT2D eigenvalue weighted by Gasteiger charge is 2.31. The second-order valence-corrected chi connectivity index (χ2v) is 3.50. The molecule has 1 aromatic rings. The Morgan fingerprint density at radius 2 is 2.00 bits per heavy atom. The van der Waals surface area contributed by atoms with Gasteiger partial charge < -0.3 is 4.74 Å². The van der Waals surface area contributed by atoms with Gasteiger partial charge in [0, 0.05) is 0 Å². The van der Waals surface area contributed by atoms with E-state index in [-0.39, 0.29) is 6.61 Å². The molecule has 0 N–H and O–H groups in total. The van der Waals surface area contributed by atoms with Crippen LogP contribution in [0.15, 0.2) is 18.2 Å². The third-order valence-electron chi connectivity index (χ3n) is 2.10. The molecule has 18 heavy (non-hydrogen) atoms. The second kappa shape index (κ2) is 6.18. The molecule has 0 spiro atoms. The summed E-state index contributed by atoms with van der Waals surface area (Å²) >= 11 is 0.